The van der Waals surface area contributed by atoms with E-state index in [4.69, 9.17) is 11.5 Å². The third kappa shape index (κ3) is 6.76. The lowest BCUT2D eigenvalue weighted by atomic mass is 9.72. The SMILES string of the molecule is Cc1cnc(NC(=O)C2(CN)CCN(c3ncnc4nc[nH]c34)CC2)s1.NCC1(c2cccc(-c3cn[nH]c3)c2)CCN(c2ncnc3[nH]ccc23)CC1. The number of aryl methyl sites for hydroxylation is 1. The second kappa shape index (κ2) is 14.9. The quantitative estimate of drug-likeness (QED) is 0.129. The maximum Gasteiger partial charge on any atom is 0.233 e. The fourth-order valence-electron chi connectivity index (χ4n) is 7.61. The van der Waals surface area contributed by atoms with E-state index in [-0.39, 0.29) is 11.3 Å². The van der Waals surface area contributed by atoms with Gasteiger partial charge in [-0.25, -0.2) is 29.9 Å². The van der Waals surface area contributed by atoms with Crippen molar-refractivity contribution in [3.8, 4) is 11.1 Å². The number of fused-ring (bicyclic) bond motifs is 2. The van der Waals surface area contributed by atoms with Crippen LogP contribution in [0.4, 0.5) is 16.8 Å². The first-order valence-electron chi connectivity index (χ1n) is 18.1. The van der Waals surface area contributed by atoms with Crippen molar-refractivity contribution in [1.29, 1.82) is 0 Å². The minimum atomic E-state index is -0.587. The first kappa shape index (κ1) is 35.3. The van der Waals surface area contributed by atoms with Gasteiger partial charge in [0.1, 0.15) is 29.6 Å². The summed E-state index contributed by atoms with van der Waals surface area (Å²) in [6.07, 6.45) is 15.5. The number of nitrogens with one attached hydrogen (secondary N) is 4. The van der Waals surface area contributed by atoms with Gasteiger partial charge in [0, 0.05) is 73.7 Å². The summed E-state index contributed by atoms with van der Waals surface area (Å²) in [5.41, 5.74) is 17.7. The molecule has 0 spiro atoms. The van der Waals surface area contributed by atoms with Crippen molar-refractivity contribution in [3.05, 3.63) is 84.5 Å². The Bertz CT molecular complexity index is 2330. The fourth-order valence-corrected chi connectivity index (χ4v) is 8.27. The van der Waals surface area contributed by atoms with E-state index in [9.17, 15) is 4.79 Å². The number of hydrogen-bond donors (Lipinski definition) is 6. The van der Waals surface area contributed by atoms with Crippen LogP contribution in [0.1, 0.15) is 36.1 Å². The lowest BCUT2D eigenvalue weighted by Gasteiger charge is -2.42. The Morgan fingerprint density at radius 1 is 0.870 bits per heavy atom. The van der Waals surface area contributed by atoms with Crippen LogP contribution in [0.5, 0.6) is 0 Å². The van der Waals surface area contributed by atoms with Crippen LogP contribution in [-0.4, -0.2) is 95.2 Å². The molecule has 0 atom stereocenters. The molecule has 278 valence electrons. The molecular formula is C37H43N15OS. The molecule has 0 radical (unpaired) electrons. The van der Waals surface area contributed by atoms with E-state index in [0.29, 0.717) is 49.8 Å². The lowest BCUT2D eigenvalue weighted by Crippen LogP contribution is -2.50. The molecule has 0 unspecified atom stereocenters. The highest BCUT2D eigenvalue weighted by atomic mass is 32.1. The zero-order chi connectivity index (χ0) is 37.1. The van der Waals surface area contributed by atoms with Crippen LogP contribution in [0.2, 0.25) is 0 Å². The van der Waals surface area contributed by atoms with Crippen molar-refractivity contribution in [1.82, 2.24) is 50.1 Å². The van der Waals surface area contributed by atoms with Crippen LogP contribution in [0.3, 0.4) is 0 Å². The van der Waals surface area contributed by atoms with Crippen molar-refractivity contribution >= 4 is 56.2 Å². The highest BCUT2D eigenvalue weighted by Gasteiger charge is 2.41. The van der Waals surface area contributed by atoms with Gasteiger partial charge < -0.3 is 36.6 Å². The molecule has 7 aromatic rings. The van der Waals surface area contributed by atoms with Gasteiger partial charge in [-0.1, -0.05) is 24.3 Å². The number of aromatic amines is 3. The highest BCUT2D eigenvalue weighted by Crippen LogP contribution is 2.39. The Morgan fingerprint density at radius 3 is 2.39 bits per heavy atom. The number of benzene rings is 1. The maximum atomic E-state index is 12.9. The Kier molecular flexibility index (Phi) is 9.74. The first-order valence-corrected chi connectivity index (χ1v) is 18.9. The number of carbonyl (C=O) groups excluding carboxylic acids is 1. The Morgan fingerprint density at radius 2 is 1.65 bits per heavy atom. The van der Waals surface area contributed by atoms with E-state index in [1.54, 1.807) is 18.9 Å². The number of amides is 1. The molecule has 1 amide bonds. The molecule has 2 saturated heterocycles. The number of nitrogens with zero attached hydrogens (tertiary/aromatic N) is 9. The summed E-state index contributed by atoms with van der Waals surface area (Å²) in [5, 5.41) is 11.6. The smallest absolute Gasteiger partial charge is 0.233 e. The molecule has 2 aliphatic heterocycles. The second-order valence-electron chi connectivity index (χ2n) is 14.0. The molecule has 9 rings (SSSR count). The summed E-state index contributed by atoms with van der Waals surface area (Å²) in [6.45, 7) is 6.12. The summed E-state index contributed by atoms with van der Waals surface area (Å²) in [7, 11) is 0. The van der Waals surface area contributed by atoms with Crippen LogP contribution in [0.15, 0.2) is 74.1 Å². The zero-order valence-corrected chi connectivity index (χ0v) is 30.8. The molecule has 16 nitrogen and oxygen atoms in total. The molecule has 8 N–H and O–H groups in total. The molecule has 0 bridgehead atoms. The Labute approximate surface area is 315 Å². The third-order valence-electron chi connectivity index (χ3n) is 11.0. The highest BCUT2D eigenvalue weighted by molar-refractivity contribution is 7.15. The van der Waals surface area contributed by atoms with E-state index in [1.165, 1.54) is 28.8 Å². The Hall–Kier alpha value is -5.78. The largest absolute Gasteiger partial charge is 0.356 e. The van der Waals surface area contributed by atoms with Crippen molar-refractivity contribution < 1.29 is 4.79 Å². The number of thiazole rings is 1. The van der Waals surface area contributed by atoms with Gasteiger partial charge in [0.15, 0.2) is 16.6 Å². The Balaban J connectivity index is 0.000000154. The molecule has 54 heavy (non-hydrogen) atoms. The number of aromatic nitrogens is 10. The van der Waals surface area contributed by atoms with Gasteiger partial charge in [-0.15, -0.1) is 11.3 Å². The van der Waals surface area contributed by atoms with Crippen LogP contribution < -0.4 is 26.6 Å². The molecular weight excluding hydrogens is 703 g/mol. The molecule has 1 aromatic carbocycles. The molecule has 17 heteroatoms. The van der Waals surface area contributed by atoms with Gasteiger partial charge in [-0.2, -0.15) is 5.10 Å². The van der Waals surface area contributed by atoms with Crippen LogP contribution in [0, 0.1) is 12.3 Å². The summed E-state index contributed by atoms with van der Waals surface area (Å²) >= 11 is 1.47. The fraction of sp³-hybridized carbons (Fsp3) is 0.351. The van der Waals surface area contributed by atoms with Gasteiger partial charge in [0.05, 0.1) is 23.3 Å². The molecule has 2 fully saturated rings. The van der Waals surface area contributed by atoms with Crippen molar-refractivity contribution in [2.75, 3.05) is 54.4 Å². The first-order chi connectivity index (χ1) is 26.4. The predicted molar refractivity (Wildman–Crippen MR) is 210 cm³/mol. The average Bonchev–Trinajstić information content (AvgIpc) is 4.07. The lowest BCUT2D eigenvalue weighted by molar-refractivity contribution is -0.126. The average molecular weight is 746 g/mol. The summed E-state index contributed by atoms with van der Waals surface area (Å²) in [5.74, 6) is 1.77. The topological polar surface area (TPSA) is 225 Å². The standard InChI is InChI=1S/C21H23N7.C16H20N8OS/c22-13-21(17-3-1-2-15(10-17)16-11-26-27-12-16)5-8-28(9-6-21)20-18-4-7-23-19(18)24-14-25-20;1-10-6-18-15(26-10)23-14(25)16(7-17)2-4-24(5-3-16)13-11-12(20-8-19-11)21-9-22-13/h1-4,7,10-12,14H,5-6,8-9,13,22H2,(H,26,27)(H,23,24,25);6,8-9H,2-5,7,17H2,1H3,(H,18,23,25)(H,19,20,21,22). The predicted octanol–water partition coefficient (Wildman–Crippen LogP) is 4.15. The van der Waals surface area contributed by atoms with Gasteiger partial charge >= 0.3 is 0 Å². The van der Waals surface area contributed by atoms with Gasteiger partial charge in [-0.05, 0) is 49.8 Å². The molecule has 6 aromatic heterocycles. The van der Waals surface area contributed by atoms with E-state index >= 15 is 0 Å². The van der Waals surface area contributed by atoms with Crippen molar-refractivity contribution in [3.63, 3.8) is 0 Å². The second-order valence-corrected chi connectivity index (χ2v) is 15.2. The van der Waals surface area contributed by atoms with E-state index in [0.717, 1.165) is 64.6 Å². The van der Waals surface area contributed by atoms with Gasteiger partial charge in [0.2, 0.25) is 5.91 Å². The minimum Gasteiger partial charge on any atom is -0.356 e. The van der Waals surface area contributed by atoms with Crippen molar-refractivity contribution in [2.45, 2.75) is 38.0 Å². The molecule has 8 heterocycles. The monoisotopic (exact) mass is 745 g/mol. The van der Waals surface area contributed by atoms with E-state index in [2.05, 4.69) is 89.5 Å². The van der Waals surface area contributed by atoms with E-state index < -0.39 is 5.41 Å². The number of rotatable bonds is 8. The maximum absolute atomic E-state index is 12.9. The molecule has 0 aliphatic carbocycles. The van der Waals surface area contributed by atoms with Gasteiger partial charge in [-0.3, -0.25) is 9.89 Å². The summed E-state index contributed by atoms with van der Waals surface area (Å²) in [4.78, 5) is 50.5. The molecule has 0 saturated carbocycles. The number of anilines is 3. The van der Waals surface area contributed by atoms with E-state index in [1.807, 2.05) is 31.6 Å². The number of piperidine rings is 2. The van der Waals surface area contributed by atoms with Crippen molar-refractivity contribution in [2.24, 2.45) is 16.9 Å². The van der Waals surface area contributed by atoms with Crippen LogP contribution in [0.25, 0.3) is 33.3 Å². The summed E-state index contributed by atoms with van der Waals surface area (Å²) < 4.78 is 0. The summed E-state index contributed by atoms with van der Waals surface area (Å²) in [6, 6.07) is 10.8. The normalized spacial score (nSPS) is 16.6. The number of carbonyl (C=O) groups is 1. The minimum absolute atomic E-state index is 0.0134. The van der Waals surface area contributed by atoms with Gasteiger partial charge in [0.25, 0.3) is 0 Å². The molecule has 2 aliphatic rings. The number of imidazole rings is 1. The third-order valence-corrected chi connectivity index (χ3v) is 11.8. The number of hydrogen-bond acceptors (Lipinski definition) is 13. The van der Waals surface area contributed by atoms with Crippen LogP contribution in [-0.2, 0) is 10.2 Å². The number of nitrogens with two attached hydrogens (primary N) is 2. The number of H-pyrrole nitrogens is 3. The van der Waals surface area contributed by atoms with Crippen LogP contribution >= 0.6 is 11.3 Å². The zero-order valence-electron chi connectivity index (χ0n) is 30.0.